The van der Waals surface area contributed by atoms with E-state index in [2.05, 4.69) is 23.8 Å². The summed E-state index contributed by atoms with van der Waals surface area (Å²) in [6.07, 6.45) is 2.47. The van der Waals surface area contributed by atoms with Crippen LogP contribution in [0.25, 0.3) is 22.2 Å². The van der Waals surface area contributed by atoms with E-state index in [0.717, 1.165) is 17.4 Å². The topological polar surface area (TPSA) is 61.0 Å². The van der Waals surface area contributed by atoms with E-state index < -0.39 is 5.54 Å². The molecule has 27 heavy (non-hydrogen) atoms. The van der Waals surface area contributed by atoms with Gasteiger partial charge in [-0.1, -0.05) is 25.4 Å². The lowest BCUT2D eigenvalue weighted by Crippen LogP contribution is -2.43. The van der Waals surface area contributed by atoms with Crippen molar-refractivity contribution in [3.05, 3.63) is 53.6 Å². The summed E-state index contributed by atoms with van der Waals surface area (Å²) < 4.78 is 19.3. The van der Waals surface area contributed by atoms with Gasteiger partial charge in [-0.05, 0) is 49.6 Å². The fraction of sp³-hybridized carbons (Fsp3) is 0.333. The molecule has 0 aliphatic rings. The molecule has 0 saturated carbocycles. The first kappa shape index (κ1) is 19.5. The van der Waals surface area contributed by atoms with Gasteiger partial charge in [0.15, 0.2) is 10.9 Å². The summed E-state index contributed by atoms with van der Waals surface area (Å²) >= 11 is 6.34. The first-order chi connectivity index (χ1) is 12.7. The highest BCUT2D eigenvalue weighted by Crippen LogP contribution is 2.31. The molecule has 4 nitrogen and oxygen atoms in total. The molecule has 3 aromatic rings. The zero-order chi connectivity index (χ0) is 19.6. The molecule has 0 amide bonds. The Morgan fingerprint density at radius 3 is 2.70 bits per heavy atom. The Kier molecular flexibility index (Phi) is 5.63. The molecule has 0 spiro atoms. The number of nitrogens with two attached hydrogens (primary N) is 1. The predicted octanol–water partition coefficient (Wildman–Crippen LogP) is 5.23. The van der Waals surface area contributed by atoms with E-state index in [9.17, 15) is 4.39 Å². The lowest BCUT2D eigenvalue weighted by Gasteiger charge is -2.26. The second-order valence-electron chi connectivity index (χ2n) is 7.55. The molecular weight excluding hydrogens is 365 g/mol. The molecule has 1 atom stereocenters. The van der Waals surface area contributed by atoms with Crippen LogP contribution >= 0.6 is 11.6 Å². The van der Waals surface area contributed by atoms with Gasteiger partial charge in [-0.3, -0.25) is 4.98 Å². The van der Waals surface area contributed by atoms with Crippen molar-refractivity contribution in [2.24, 2.45) is 11.7 Å². The molecule has 0 bridgehead atoms. The maximum absolute atomic E-state index is 13.4. The second kappa shape index (κ2) is 7.79. The number of halogens is 2. The van der Waals surface area contributed by atoms with Gasteiger partial charge >= 0.3 is 0 Å². The molecule has 0 saturated heterocycles. The number of ether oxygens (including phenoxy) is 1. The molecule has 2 N–H and O–H groups in total. The van der Waals surface area contributed by atoms with Crippen LogP contribution < -0.4 is 10.5 Å². The summed E-state index contributed by atoms with van der Waals surface area (Å²) in [5.41, 5.74) is 7.91. The number of hydrogen-bond donors (Lipinski definition) is 1. The van der Waals surface area contributed by atoms with Gasteiger partial charge in [-0.15, -0.1) is 0 Å². The number of fused-ring (bicyclic) bond motifs is 1. The highest BCUT2D eigenvalue weighted by atomic mass is 35.5. The van der Waals surface area contributed by atoms with Crippen LogP contribution in [0.3, 0.4) is 0 Å². The van der Waals surface area contributed by atoms with Crippen molar-refractivity contribution in [1.29, 1.82) is 0 Å². The summed E-state index contributed by atoms with van der Waals surface area (Å²) in [6.45, 7) is 6.56. The lowest BCUT2D eigenvalue weighted by atomic mass is 9.93. The fourth-order valence-electron chi connectivity index (χ4n) is 3.26. The second-order valence-corrected chi connectivity index (χ2v) is 7.90. The van der Waals surface area contributed by atoms with Crippen molar-refractivity contribution in [2.45, 2.75) is 32.7 Å². The Labute approximate surface area is 163 Å². The molecular formula is C21H23ClFN3O. The maximum Gasteiger partial charge on any atom is 0.171 e. The van der Waals surface area contributed by atoms with E-state index in [4.69, 9.17) is 22.1 Å². The molecule has 0 radical (unpaired) electrons. The highest BCUT2D eigenvalue weighted by Gasteiger charge is 2.22. The van der Waals surface area contributed by atoms with Gasteiger partial charge in [0.2, 0.25) is 0 Å². The van der Waals surface area contributed by atoms with Crippen molar-refractivity contribution in [1.82, 2.24) is 9.97 Å². The summed E-state index contributed by atoms with van der Waals surface area (Å²) in [6, 6.07) is 9.94. The number of benzene rings is 1. The smallest absolute Gasteiger partial charge is 0.171 e. The monoisotopic (exact) mass is 387 g/mol. The molecule has 2 heterocycles. The lowest BCUT2D eigenvalue weighted by molar-refractivity contribution is 0.206. The van der Waals surface area contributed by atoms with Gasteiger partial charge < -0.3 is 10.5 Å². The van der Waals surface area contributed by atoms with Crippen molar-refractivity contribution >= 4 is 22.5 Å². The first-order valence-corrected chi connectivity index (χ1v) is 9.26. The van der Waals surface area contributed by atoms with Gasteiger partial charge in [0, 0.05) is 28.8 Å². The normalized spacial score (nSPS) is 13.7. The van der Waals surface area contributed by atoms with Gasteiger partial charge in [0.1, 0.15) is 12.4 Å². The average molecular weight is 388 g/mol. The number of aromatic nitrogens is 2. The van der Waals surface area contributed by atoms with Crippen LogP contribution in [0.2, 0.25) is 5.15 Å². The molecule has 3 rings (SSSR count). The summed E-state index contributed by atoms with van der Waals surface area (Å²) in [7, 11) is 0. The predicted molar refractivity (Wildman–Crippen MR) is 107 cm³/mol. The number of nitrogens with zero attached hydrogens (tertiary/aromatic N) is 2. The minimum Gasteiger partial charge on any atom is -0.488 e. The van der Waals surface area contributed by atoms with Crippen molar-refractivity contribution in [3.63, 3.8) is 0 Å². The molecule has 0 fully saturated rings. The van der Waals surface area contributed by atoms with Gasteiger partial charge in [0.25, 0.3) is 0 Å². The minimum absolute atomic E-state index is 0.264. The van der Waals surface area contributed by atoms with Crippen molar-refractivity contribution in [2.75, 3.05) is 6.61 Å². The van der Waals surface area contributed by atoms with E-state index in [1.54, 1.807) is 18.3 Å². The highest BCUT2D eigenvalue weighted by molar-refractivity contribution is 6.31. The summed E-state index contributed by atoms with van der Waals surface area (Å²) in [4.78, 5) is 8.66. The van der Waals surface area contributed by atoms with Crippen LogP contribution in [0.15, 0.2) is 42.6 Å². The fourth-order valence-corrected chi connectivity index (χ4v) is 3.47. The molecule has 0 aliphatic heterocycles. The van der Waals surface area contributed by atoms with Gasteiger partial charge in [-0.25, -0.2) is 9.37 Å². The third-order valence-corrected chi connectivity index (χ3v) is 4.50. The molecule has 1 aromatic carbocycles. The summed E-state index contributed by atoms with van der Waals surface area (Å²) in [5, 5.41) is 1.07. The van der Waals surface area contributed by atoms with Crippen molar-refractivity contribution in [3.8, 4) is 17.0 Å². The Hall–Kier alpha value is -2.24. The van der Waals surface area contributed by atoms with Crippen molar-refractivity contribution < 1.29 is 9.13 Å². The van der Waals surface area contributed by atoms with E-state index in [1.165, 1.54) is 12.1 Å². The Balaban J connectivity index is 1.85. The van der Waals surface area contributed by atoms with Crippen LogP contribution in [0.4, 0.5) is 4.39 Å². The average Bonchev–Trinajstić information content (AvgIpc) is 2.58. The van der Waals surface area contributed by atoms with E-state index in [1.807, 2.05) is 19.1 Å². The Morgan fingerprint density at radius 2 is 2.00 bits per heavy atom. The van der Waals surface area contributed by atoms with Crippen LogP contribution in [-0.4, -0.2) is 22.1 Å². The number of hydrogen-bond acceptors (Lipinski definition) is 4. The first-order valence-electron chi connectivity index (χ1n) is 8.88. The minimum atomic E-state index is -0.443. The zero-order valence-electron chi connectivity index (χ0n) is 15.7. The van der Waals surface area contributed by atoms with Gasteiger partial charge in [0.05, 0.1) is 11.2 Å². The third-order valence-electron chi connectivity index (χ3n) is 4.23. The Bertz CT molecular complexity index is 959. The largest absolute Gasteiger partial charge is 0.488 e. The molecule has 2 aromatic heterocycles. The molecule has 0 aliphatic carbocycles. The quantitative estimate of drug-likeness (QED) is 0.588. The van der Waals surface area contributed by atoms with E-state index in [-0.39, 0.29) is 11.0 Å². The Morgan fingerprint density at radius 1 is 1.22 bits per heavy atom. The van der Waals surface area contributed by atoms with Crippen LogP contribution in [0, 0.1) is 11.7 Å². The SMILES string of the molecule is CC(C)C[C@](C)(N)COc1ccc(-c2ccnc3cc(F)ccc23)nc1Cl. The van der Waals surface area contributed by atoms with Crippen LogP contribution in [0.1, 0.15) is 27.2 Å². The van der Waals surface area contributed by atoms with Gasteiger partial charge in [-0.2, -0.15) is 0 Å². The number of rotatable bonds is 6. The molecule has 0 unspecified atom stereocenters. The zero-order valence-corrected chi connectivity index (χ0v) is 16.4. The van der Waals surface area contributed by atoms with Crippen LogP contribution in [0.5, 0.6) is 5.75 Å². The number of pyridine rings is 2. The summed E-state index contributed by atoms with van der Waals surface area (Å²) in [5.74, 6) is 0.641. The molecule has 142 valence electrons. The third kappa shape index (κ3) is 4.73. The van der Waals surface area contributed by atoms with Crippen LogP contribution in [-0.2, 0) is 0 Å². The van der Waals surface area contributed by atoms with E-state index >= 15 is 0 Å². The van der Waals surface area contributed by atoms with E-state index in [0.29, 0.717) is 29.5 Å². The maximum atomic E-state index is 13.4. The standard InChI is InChI=1S/C21H23ClFN3O/c1-13(2)11-21(3,24)12-27-19-7-6-17(26-20(19)22)16-8-9-25-18-10-14(23)4-5-15(16)18/h4-10,13H,11-12,24H2,1-3H3/t21-/m0/s1. The molecule has 6 heteroatoms.